The van der Waals surface area contributed by atoms with Crippen LogP contribution < -0.4 is 0 Å². The molecule has 0 radical (unpaired) electrons. The molecule has 0 aliphatic carbocycles. The number of alkyl halides is 3. The van der Waals surface area contributed by atoms with Gasteiger partial charge in [-0.25, -0.2) is 0 Å². The van der Waals surface area contributed by atoms with Crippen LogP contribution in [0, 0.1) is 6.92 Å². The summed E-state index contributed by atoms with van der Waals surface area (Å²) in [5.74, 6) is 1.27. The second-order valence-corrected chi connectivity index (χ2v) is 4.93. The average Bonchev–Trinajstić information content (AvgIpc) is 3.00. The van der Waals surface area contributed by atoms with E-state index >= 15 is 0 Å². The lowest BCUT2D eigenvalue weighted by Crippen LogP contribution is -2.12. The topological polar surface area (TPSA) is 68.8 Å². The summed E-state index contributed by atoms with van der Waals surface area (Å²) in [5.41, 5.74) is -0.818. The van der Waals surface area contributed by atoms with Crippen LogP contribution in [0.1, 0.15) is 36.3 Å². The van der Waals surface area contributed by atoms with Crippen LogP contribution in [-0.2, 0) is 25.7 Å². The number of hydrogen-bond acceptors (Lipinski definition) is 4. The fourth-order valence-corrected chi connectivity index (χ4v) is 2.33. The minimum Gasteiger partial charge on any atom is -0.396 e. The summed E-state index contributed by atoms with van der Waals surface area (Å²) in [5, 5.41) is 20.4. The Morgan fingerprint density at radius 1 is 1.27 bits per heavy atom. The molecule has 2 rings (SSSR count). The third-order valence-corrected chi connectivity index (χ3v) is 3.34. The van der Waals surface area contributed by atoms with Crippen molar-refractivity contribution < 1.29 is 18.3 Å². The summed E-state index contributed by atoms with van der Waals surface area (Å²) < 4.78 is 42.1. The van der Waals surface area contributed by atoms with E-state index in [9.17, 15) is 13.2 Å². The van der Waals surface area contributed by atoms with Crippen LogP contribution in [-0.4, -0.2) is 36.3 Å². The second kappa shape index (κ2) is 6.47. The molecular weight excluding hydrogens is 299 g/mol. The van der Waals surface area contributed by atoms with Gasteiger partial charge in [-0.15, -0.1) is 10.2 Å². The van der Waals surface area contributed by atoms with E-state index in [0.717, 1.165) is 0 Å². The third kappa shape index (κ3) is 3.46. The van der Waals surface area contributed by atoms with Gasteiger partial charge in [0, 0.05) is 24.9 Å². The van der Waals surface area contributed by atoms with E-state index in [0.29, 0.717) is 18.2 Å². The molecule has 1 N–H and O–H groups in total. The minimum atomic E-state index is -4.51. The maximum atomic E-state index is 13.0. The summed E-state index contributed by atoms with van der Waals surface area (Å²) in [7, 11) is 0. The van der Waals surface area contributed by atoms with Crippen molar-refractivity contribution in [2.45, 2.75) is 46.0 Å². The molecule has 0 aliphatic heterocycles. The number of rotatable bonds is 6. The molecule has 0 unspecified atom stereocenters. The Kier molecular flexibility index (Phi) is 4.84. The van der Waals surface area contributed by atoms with Gasteiger partial charge < -0.3 is 9.67 Å². The van der Waals surface area contributed by atoms with Crippen LogP contribution in [0.4, 0.5) is 13.2 Å². The molecule has 2 aromatic rings. The highest BCUT2D eigenvalue weighted by Gasteiger charge is 2.37. The number of halogens is 3. The predicted octanol–water partition coefficient (Wildman–Crippen LogP) is 1.79. The van der Waals surface area contributed by atoms with Crippen LogP contribution in [0.25, 0.3) is 0 Å². The molecule has 2 heterocycles. The summed E-state index contributed by atoms with van der Waals surface area (Å²) in [6, 6.07) is 0. The van der Waals surface area contributed by atoms with E-state index in [4.69, 9.17) is 5.11 Å². The smallest absolute Gasteiger partial charge is 0.396 e. The van der Waals surface area contributed by atoms with Gasteiger partial charge in [-0.2, -0.15) is 18.3 Å². The molecule has 0 saturated heterocycles. The van der Waals surface area contributed by atoms with E-state index in [-0.39, 0.29) is 31.6 Å². The maximum Gasteiger partial charge on any atom is 0.435 e. The molecule has 122 valence electrons. The summed E-state index contributed by atoms with van der Waals surface area (Å²) in [4.78, 5) is 0. The molecular formula is C13H18F3N5O. The second-order valence-electron chi connectivity index (χ2n) is 4.93. The first-order valence-electron chi connectivity index (χ1n) is 6.99. The molecule has 2 aromatic heterocycles. The van der Waals surface area contributed by atoms with Gasteiger partial charge in [0.1, 0.15) is 12.4 Å². The summed E-state index contributed by atoms with van der Waals surface area (Å²) in [6.07, 6.45) is -2.75. The van der Waals surface area contributed by atoms with Crippen molar-refractivity contribution in [3.8, 4) is 0 Å². The predicted molar refractivity (Wildman–Crippen MR) is 72.2 cm³/mol. The van der Waals surface area contributed by atoms with Gasteiger partial charge in [0.2, 0.25) is 0 Å². The Morgan fingerprint density at radius 2 is 2.00 bits per heavy atom. The molecule has 0 saturated carbocycles. The Bertz CT molecular complexity index is 632. The zero-order chi connectivity index (χ0) is 16.3. The van der Waals surface area contributed by atoms with Gasteiger partial charge in [0.25, 0.3) is 0 Å². The van der Waals surface area contributed by atoms with E-state index in [2.05, 4.69) is 15.3 Å². The molecule has 0 fully saturated rings. The highest BCUT2D eigenvalue weighted by atomic mass is 19.4. The monoisotopic (exact) mass is 317 g/mol. The van der Waals surface area contributed by atoms with Gasteiger partial charge in [-0.05, 0) is 26.7 Å². The van der Waals surface area contributed by atoms with Crippen LogP contribution >= 0.6 is 0 Å². The molecule has 0 spiro atoms. The van der Waals surface area contributed by atoms with Gasteiger partial charge in [-0.1, -0.05) is 0 Å². The Labute approximate surface area is 125 Å². The van der Waals surface area contributed by atoms with Crippen LogP contribution in [0.3, 0.4) is 0 Å². The van der Waals surface area contributed by atoms with E-state index < -0.39 is 11.9 Å². The lowest BCUT2D eigenvalue weighted by Gasteiger charge is -2.06. The maximum absolute atomic E-state index is 13.0. The number of aryl methyl sites for hydroxylation is 2. The number of aliphatic hydroxyl groups is 1. The van der Waals surface area contributed by atoms with Crippen LogP contribution in [0.5, 0.6) is 0 Å². The third-order valence-electron chi connectivity index (χ3n) is 3.34. The fourth-order valence-electron chi connectivity index (χ4n) is 2.33. The lowest BCUT2D eigenvalue weighted by atomic mass is 10.1. The zero-order valence-electron chi connectivity index (χ0n) is 12.4. The van der Waals surface area contributed by atoms with Crippen molar-refractivity contribution in [1.29, 1.82) is 0 Å². The average molecular weight is 317 g/mol. The Balaban J connectivity index is 2.29. The normalized spacial score (nSPS) is 12.1. The Morgan fingerprint density at radius 3 is 2.59 bits per heavy atom. The van der Waals surface area contributed by atoms with E-state index in [1.54, 1.807) is 6.92 Å². The molecule has 6 nitrogen and oxygen atoms in total. The van der Waals surface area contributed by atoms with Crippen molar-refractivity contribution >= 4 is 0 Å². The highest BCUT2D eigenvalue weighted by molar-refractivity contribution is 5.20. The minimum absolute atomic E-state index is 0.0841. The standard InChI is InChI=1S/C13H18F3N5O/c1-3-21-9(2)17-18-11(21)8-20-7-10(5-4-6-22)12(19-20)13(14,15)16/h7,22H,3-6,8H2,1-2H3. The van der Waals surface area contributed by atoms with Crippen molar-refractivity contribution in [3.05, 3.63) is 29.1 Å². The number of aliphatic hydroxyl groups excluding tert-OH is 1. The SMILES string of the molecule is CCn1c(C)nnc1Cn1cc(CCCO)c(C(F)(F)F)n1. The number of nitrogens with zero attached hydrogens (tertiary/aromatic N) is 5. The van der Waals surface area contributed by atoms with Crippen molar-refractivity contribution in [2.24, 2.45) is 0 Å². The molecule has 0 atom stereocenters. The van der Waals surface area contributed by atoms with Gasteiger partial charge in [0.15, 0.2) is 11.5 Å². The zero-order valence-corrected chi connectivity index (χ0v) is 12.4. The first-order chi connectivity index (χ1) is 10.4. The lowest BCUT2D eigenvalue weighted by molar-refractivity contribution is -0.142. The number of aromatic nitrogens is 5. The summed E-state index contributed by atoms with van der Waals surface area (Å²) in [6.45, 7) is 4.30. The molecule has 22 heavy (non-hydrogen) atoms. The number of hydrogen-bond donors (Lipinski definition) is 1. The molecule has 0 amide bonds. The first-order valence-corrected chi connectivity index (χ1v) is 6.99. The van der Waals surface area contributed by atoms with Gasteiger partial charge >= 0.3 is 6.18 Å². The van der Waals surface area contributed by atoms with E-state index in [1.807, 2.05) is 11.5 Å². The molecule has 0 bridgehead atoms. The van der Waals surface area contributed by atoms with Crippen molar-refractivity contribution in [3.63, 3.8) is 0 Å². The molecule has 0 aromatic carbocycles. The van der Waals surface area contributed by atoms with Crippen LogP contribution in [0.2, 0.25) is 0 Å². The molecule has 0 aliphatic rings. The van der Waals surface area contributed by atoms with Crippen LogP contribution in [0.15, 0.2) is 6.20 Å². The van der Waals surface area contributed by atoms with Crippen molar-refractivity contribution in [2.75, 3.05) is 6.61 Å². The first kappa shape index (κ1) is 16.5. The Hall–Kier alpha value is -1.90. The van der Waals surface area contributed by atoms with Crippen molar-refractivity contribution in [1.82, 2.24) is 24.5 Å². The largest absolute Gasteiger partial charge is 0.435 e. The summed E-state index contributed by atoms with van der Waals surface area (Å²) >= 11 is 0. The quantitative estimate of drug-likeness (QED) is 0.882. The fraction of sp³-hybridized carbons (Fsp3) is 0.615. The highest BCUT2D eigenvalue weighted by Crippen LogP contribution is 2.31. The van der Waals surface area contributed by atoms with Gasteiger partial charge in [0.05, 0.1) is 0 Å². The van der Waals surface area contributed by atoms with E-state index in [1.165, 1.54) is 10.9 Å². The molecule has 9 heteroatoms. The van der Waals surface area contributed by atoms with Gasteiger partial charge in [-0.3, -0.25) is 4.68 Å².